The van der Waals surface area contributed by atoms with Gasteiger partial charge in [-0.2, -0.15) is 10.1 Å². The number of rotatable bonds is 6. The van der Waals surface area contributed by atoms with Gasteiger partial charge in [-0.05, 0) is 51.5 Å². The van der Waals surface area contributed by atoms with Gasteiger partial charge in [0.05, 0.1) is 40.8 Å². The highest BCUT2D eigenvalue weighted by Crippen LogP contribution is 2.31. The lowest BCUT2D eigenvalue weighted by Gasteiger charge is -2.15. The number of ether oxygens (including phenoxy) is 1. The minimum absolute atomic E-state index is 0.118. The molecule has 1 fully saturated rings. The molecule has 1 atom stereocenters. The third kappa shape index (κ3) is 5.55. The zero-order valence-corrected chi connectivity index (χ0v) is 19.9. The van der Waals surface area contributed by atoms with Gasteiger partial charge in [-0.25, -0.2) is 4.98 Å². The predicted octanol–water partition coefficient (Wildman–Crippen LogP) is 4.64. The minimum Gasteiger partial charge on any atom is -0.480 e. The lowest BCUT2D eigenvalue weighted by Crippen LogP contribution is -2.19. The number of hydrogen-bond acceptors (Lipinski definition) is 7. The number of para-hydroxylation sites is 1. The molecule has 2 aromatic heterocycles. The van der Waals surface area contributed by atoms with Gasteiger partial charge in [0.2, 0.25) is 11.8 Å². The van der Waals surface area contributed by atoms with Crippen molar-refractivity contribution in [3.05, 3.63) is 52.4 Å². The first-order valence-corrected chi connectivity index (χ1v) is 11.4. The molecule has 1 aliphatic heterocycles. The van der Waals surface area contributed by atoms with E-state index < -0.39 is 5.91 Å². The Kier molecular flexibility index (Phi) is 7.32. The molecule has 1 aliphatic rings. The van der Waals surface area contributed by atoms with Gasteiger partial charge < -0.3 is 20.3 Å². The van der Waals surface area contributed by atoms with Crippen LogP contribution in [0.3, 0.4) is 0 Å². The molecule has 2 N–H and O–H groups in total. The zero-order valence-electron chi connectivity index (χ0n) is 18.4. The lowest BCUT2D eigenvalue weighted by atomic mass is 10.1. The van der Waals surface area contributed by atoms with Gasteiger partial charge in [-0.15, -0.1) is 0 Å². The molecule has 4 rings (SSSR count). The number of hydrogen-bond donors (Lipinski definition) is 2. The first-order valence-electron chi connectivity index (χ1n) is 10.6. The van der Waals surface area contributed by atoms with Gasteiger partial charge in [0.25, 0.3) is 5.91 Å². The van der Waals surface area contributed by atoms with Gasteiger partial charge in [0.15, 0.2) is 0 Å². The van der Waals surface area contributed by atoms with Crippen LogP contribution in [0.5, 0.6) is 5.88 Å². The van der Waals surface area contributed by atoms with Crippen molar-refractivity contribution in [2.24, 2.45) is 0 Å². The molecule has 0 aliphatic carbocycles. The quantitative estimate of drug-likeness (QED) is 0.520. The summed E-state index contributed by atoms with van der Waals surface area (Å²) >= 11 is 12.3. The van der Waals surface area contributed by atoms with Crippen LogP contribution in [0.1, 0.15) is 35.7 Å². The number of aromatic nitrogens is 4. The fraction of sp³-hybridized carbons (Fsp3) is 0.364. The fourth-order valence-electron chi connectivity index (χ4n) is 3.75. The van der Waals surface area contributed by atoms with Crippen molar-refractivity contribution in [1.29, 1.82) is 0 Å². The van der Waals surface area contributed by atoms with Crippen molar-refractivity contribution in [3.8, 4) is 5.88 Å². The van der Waals surface area contributed by atoms with E-state index in [1.54, 1.807) is 24.4 Å². The smallest absolute Gasteiger partial charge is 0.262 e. The van der Waals surface area contributed by atoms with E-state index in [1.807, 2.05) is 10.9 Å². The average molecular weight is 490 g/mol. The second-order valence-corrected chi connectivity index (χ2v) is 8.70. The van der Waals surface area contributed by atoms with Gasteiger partial charge >= 0.3 is 0 Å². The number of amides is 1. The van der Waals surface area contributed by atoms with E-state index in [0.29, 0.717) is 27.7 Å². The molecule has 0 unspecified atom stereocenters. The summed E-state index contributed by atoms with van der Waals surface area (Å²) in [5.74, 6) is -0.0775. The van der Waals surface area contributed by atoms with Crippen LogP contribution in [0.25, 0.3) is 0 Å². The standard InChI is InChI=1S/C22H25Cl2N7O2/c1-30-9-4-5-15(8-10-30)31-13-14(11-26-31)27-22-25-12-16(21(29-22)33-2)20(32)28-19-17(23)6-3-7-18(19)24/h3,6-7,11-13,15H,4-5,8-10H2,1-2H3,(H,28,32)(H,25,27,29)/t15-/m1/s1. The molecule has 33 heavy (non-hydrogen) atoms. The van der Waals surface area contributed by atoms with Crippen LogP contribution in [0, 0.1) is 0 Å². The summed E-state index contributed by atoms with van der Waals surface area (Å²) in [6, 6.07) is 5.33. The van der Waals surface area contributed by atoms with E-state index in [-0.39, 0.29) is 11.4 Å². The van der Waals surface area contributed by atoms with E-state index in [4.69, 9.17) is 27.9 Å². The summed E-state index contributed by atoms with van der Waals surface area (Å²) in [6.07, 6.45) is 8.37. The summed E-state index contributed by atoms with van der Waals surface area (Å²) in [5, 5.41) is 11.0. The Balaban J connectivity index is 1.47. The van der Waals surface area contributed by atoms with Crippen LogP contribution in [-0.2, 0) is 0 Å². The monoisotopic (exact) mass is 489 g/mol. The van der Waals surface area contributed by atoms with Gasteiger partial charge in [-0.1, -0.05) is 29.3 Å². The van der Waals surface area contributed by atoms with Gasteiger partial charge in [-0.3, -0.25) is 9.48 Å². The number of methoxy groups -OCH3 is 1. The number of carbonyl (C=O) groups is 1. The van der Waals surface area contributed by atoms with E-state index >= 15 is 0 Å². The van der Waals surface area contributed by atoms with E-state index in [1.165, 1.54) is 13.3 Å². The zero-order chi connectivity index (χ0) is 23.4. The third-order valence-corrected chi connectivity index (χ3v) is 6.18. The second kappa shape index (κ2) is 10.4. The maximum Gasteiger partial charge on any atom is 0.262 e. The molecule has 3 heterocycles. The largest absolute Gasteiger partial charge is 0.480 e. The van der Waals surface area contributed by atoms with Crippen LogP contribution >= 0.6 is 23.2 Å². The molecule has 11 heteroatoms. The topological polar surface area (TPSA) is 97.2 Å². The van der Waals surface area contributed by atoms with Gasteiger partial charge in [0, 0.05) is 12.4 Å². The summed E-state index contributed by atoms with van der Waals surface area (Å²) in [4.78, 5) is 23.7. The summed E-state index contributed by atoms with van der Waals surface area (Å²) in [5.41, 5.74) is 1.22. The van der Waals surface area contributed by atoms with E-state index in [0.717, 1.165) is 38.0 Å². The molecule has 0 spiro atoms. The molecular formula is C22H25Cl2N7O2. The third-order valence-electron chi connectivity index (χ3n) is 5.55. The first kappa shape index (κ1) is 23.3. The highest BCUT2D eigenvalue weighted by Gasteiger charge is 2.20. The molecular weight excluding hydrogens is 465 g/mol. The summed E-state index contributed by atoms with van der Waals surface area (Å²) in [6.45, 7) is 2.16. The number of nitrogens with zero attached hydrogens (tertiary/aromatic N) is 5. The number of anilines is 3. The molecule has 9 nitrogen and oxygen atoms in total. The van der Waals surface area contributed by atoms with Crippen LogP contribution in [0.15, 0.2) is 36.8 Å². The summed E-state index contributed by atoms with van der Waals surface area (Å²) in [7, 11) is 3.59. The van der Waals surface area contributed by atoms with Crippen LogP contribution in [0.4, 0.5) is 17.3 Å². The molecule has 3 aromatic rings. The Bertz CT molecular complexity index is 1120. The number of likely N-dealkylation sites (tertiary alicyclic amines) is 1. The molecule has 0 bridgehead atoms. The maximum absolute atomic E-state index is 12.8. The fourth-order valence-corrected chi connectivity index (χ4v) is 4.25. The van der Waals surface area contributed by atoms with E-state index in [2.05, 4.69) is 37.6 Å². The molecule has 174 valence electrons. The molecule has 1 amide bonds. The maximum atomic E-state index is 12.8. The Hall–Kier alpha value is -2.88. The van der Waals surface area contributed by atoms with Crippen LogP contribution in [0.2, 0.25) is 10.0 Å². The Labute approximate surface area is 202 Å². The summed E-state index contributed by atoms with van der Waals surface area (Å²) < 4.78 is 7.32. The predicted molar refractivity (Wildman–Crippen MR) is 129 cm³/mol. The normalized spacial score (nSPS) is 16.8. The van der Waals surface area contributed by atoms with Crippen molar-refractivity contribution >= 4 is 46.4 Å². The minimum atomic E-state index is -0.487. The Morgan fingerprint density at radius 1 is 1.18 bits per heavy atom. The van der Waals surface area contributed by atoms with Crippen LogP contribution in [-0.4, -0.2) is 57.8 Å². The van der Waals surface area contributed by atoms with Crippen molar-refractivity contribution in [3.63, 3.8) is 0 Å². The lowest BCUT2D eigenvalue weighted by molar-refractivity contribution is 0.102. The van der Waals surface area contributed by atoms with Crippen molar-refractivity contribution < 1.29 is 9.53 Å². The number of halogens is 2. The molecule has 1 saturated heterocycles. The Morgan fingerprint density at radius 3 is 2.73 bits per heavy atom. The molecule has 0 radical (unpaired) electrons. The van der Waals surface area contributed by atoms with E-state index in [9.17, 15) is 4.79 Å². The number of benzene rings is 1. The highest BCUT2D eigenvalue weighted by molar-refractivity contribution is 6.40. The first-order chi connectivity index (χ1) is 15.9. The average Bonchev–Trinajstić information content (AvgIpc) is 3.15. The Morgan fingerprint density at radius 2 is 1.97 bits per heavy atom. The van der Waals surface area contributed by atoms with Crippen molar-refractivity contribution in [2.75, 3.05) is 37.9 Å². The number of nitrogens with one attached hydrogen (secondary N) is 2. The van der Waals surface area contributed by atoms with Crippen LogP contribution < -0.4 is 15.4 Å². The molecule has 0 saturated carbocycles. The molecule has 1 aromatic carbocycles. The van der Waals surface area contributed by atoms with Crippen molar-refractivity contribution in [2.45, 2.75) is 25.3 Å². The van der Waals surface area contributed by atoms with Gasteiger partial charge in [0.1, 0.15) is 5.56 Å². The highest BCUT2D eigenvalue weighted by atomic mass is 35.5. The number of carbonyl (C=O) groups excluding carboxylic acids is 1. The SMILES string of the molecule is COc1nc(Nc2cnn([C@@H]3CCCN(C)CC3)c2)ncc1C(=O)Nc1c(Cl)cccc1Cl. The second-order valence-electron chi connectivity index (χ2n) is 7.89. The van der Waals surface area contributed by atoms with Crippen molar-refractivity contribution in [1.82, 2.24) is 24.6 Å².